The lowest BCUT2D eigenvalue weighted by molar-refractivity contribution is -0.385. The zero-order valence-electron chi connectivity index (χ0n) is 9.87. The van der Waals surface area contributed by atoms with Crippen LogP contribution in [0.15, 0.2) is 48.5 Å². The van der Waals surface area contributed by atoms with Crippen LogP contribution >= 0.6 is 0 Å². The van der Waals surface area contributed by atoms with Gasteiger partial charge in [0.05, 0.1) is 4.92 Å². The molecule has 4 heteroatoms. The number of nitrogens with zero attached hydrogens (tertiary/aromatic N) is 1. The number of nitro groups is 1. The van der Waals surface area contributed by atoms with E-state index in [-0.39, 0.29) is 11.4 Å². The Hall–Kier alpha value is -2.36. The fraction of sp³-hybridized carbons (Fsp3) is 0.0714. The maximum atomic E-state index is 11.0. The quantitative estimate of drug-likeness (QED) is 0.604. The molecular weight excluding hydrogens is 230 g/mol. The molecule has 4 nitrogen and oxygen atoms in total. The van der Waals surface area contributed by atoms with Crippen LogP contribution in [0.2, 0.25) is 0 Å². The van der Waals surface area contributed by atoms with Gasteiger partial charge in [-0.2, -0.15) is 0 Å². The van der Waals surface area contributed by atoms with Gasteiger partial charge < -0.3 is 4.74 Å². The van der Waals surface area contributed by atoms with Crippen LogP contribution in [-0.2, 0) is 0 Å². The lowest BCUT2D eigenvalue weighted by atomic mass is 10.1. The minimum absolute atomic E-state index is 0.0329. The largest absolute Gasteiger partial charge is 0.480 e. The van der Waals surface area contributed by atoms with Gasteiger partial charge >= 0.3 is 5.69 Å². The summed E-state index contributed by atoms with van der Waals surface area (Å²) in [6.45, 7) is 3.10. The Morgan fingerprint density at radius 2 is 1.83 bits per heavy atom. The Kier molecular flexibility index (Phi) is 3.57. The van der Waals surface area contributed by atoms with Gasteiger partial charge in [-0.1, -0.05) is 36.4 Å². The number of nitro benzene ring substituents is 1. The molecule has 0 amide bonds. The summed E-state index contributed by atoms with van der Waals surface area (Å²) in [6, 6.07) is 14.4. The first-order valence-corrected chi connectivity index (χ1v) is 5.50. The van der Waals surface area contributed by atoms with Crippen LogP contribution in [0, 0.1) is 16.7 Å². The highest BCUT2D eigenvalue weighted by atomic mass is 16.6. The predicted octanol–water partition coefficient (Wildman–Crippen LogP) is 3.82. The molecule has 0 fully saturated rings. The van der Waals surface area contributed by atoms with Gasteiger partial charge in [-0.05, 0) is 24.1 Å². The smallest absolute Gasteiger partial charge is 0.311 e. The van der Waals surface area contributed by atoms with Crippen LogP contribution in [0.3, 0.4) is 0 Å². The van der Waals surface area contributed by atoms with Crippen molar-refractivity contribution in [2.45, 2.75) is 6.92 Å². The zero-order valence-corrected chi connectivity index (χ0v) is 9.87. The van der Waals surface area contributed by atoms with E-state index in [2.05, 4.69) is 0 Å². The maximum absolute atomic E-state index is 11.0. The molecule has 0 spiro atoms. The van der Waals surface area contributed by atoms with E-state index in [0.717, 1.165) is 11.1 Å². The van der Waals surface area contributed by atoms with Gasteiger partial charge in [0.1, 0.15) is 6.61 Å². The predicted molar refractivity (Wildman–Crippen MR) is 69.1 cm³/mol. The summed E-state index contributed by atoms with van der Waals surface area (Å²) in [7, 11) is 0. The van der Waals surface area contributed by atoms with Crippen molar-refractivity contribution in [3.05, 3.63) is 65.3 Å². The van der Waals surface area contributed by atoms with Gasteiger partial charge in [0.2, 0.25) is 0 Å². The summed E-state index contributed by atoms with van der Waals surface area (Å²) in [5, 5.41) is 11.0. The average Bonchev–Trinajstić information content (AvgIpc) is 2.40. The Morgan fingerprint density at radius 3 is 2.44 bits per heavy atom. The molecule has 2 rings (SSSR count). The van der Waals surface area contributed by atoms with Crippen molar-refractivity contribution in [1.29, 1.82) is 0 Å². The summed E-state index contributed by atoms with van der Waals surface area (Å²) in [6.07, 6.45) is 0. The van der Waals surface area contributed by atoms with Crippen LogP contribution in [0.25, 0.3) is 11.1 Å². The minimum Gasteiger partial charge on any atom is -0.480 e. The fourth-order valence-electron chi connectivity index (χ4n) is 1.70. The number of hydrogen-bond acceptors (Lipinski definition) is 3. The normalized spacial score (nSPS) is 10.1. The third kappa shape index (κ3) is 2.48. The first-order valence-electron chi connectivity index (χ1n) is 5.50. The summed E-state index contributed by atoms with van der Waals surface area (Å²) in [5.74, 6) is 0.252. The van der Waals surface area contributed by atoms with Gasteiger partial charge in [0.15, 0.2) is 5.75 Å². The molecule has 0 N–H and O–H groups in total. The van der Waals surface area contributed by atoms with Crippen molar-refractivity contribution in [3.63, 3.8) is 0 Å². The van der Waals surface area contributed by atoms with Crippen molar-refractivity contribution < 1.29 is 9.66 Å². The van der Waals surface area contributed by atoms with E-state index in [1.54, 1.807) is 19.1 Å². The molecule has 0 unspecified atom stereocenters. The molecular formula is C14H12NO3. The Labute approximate surface area is 105 Å². The summed E-state index contributed by atoms with van der Waals surface area (Å²) >= 11 is 0. The van der Waals surface area contributed by atoms with Crippen molar-refractivity contribution in [1.82, 2.24) is 0 Å². The second kappa shape index (κ2) is 5.31. The second-order valence-corrected chi connectivity index (χ2v) is 3.66. The minimum atomic E-state index is -0.439. The number of benzene rings is 2. The Bertz CT molecular complexity index is 552. The van der Waals surface area contributed by atoms with Gasteiger partial charge in [0.25, 0.3) is 0 Å². The maximum Gasteiger partial charge on any atom is 0.311 e. The highest BCUT2D eigenvalue weighted by Crippen LogP contribution is 2.32. The molecule has 0 bridgehead atoms. The van der Waals surface area contributed by atoms with Crippen LogP contribution < -0.4 is 4.74 Å². The molecule has 0 aliphatic rings. The molecule has 2 aromatic rings. The monoisotopic (exact) mass is 242 g/mol. The van der Waals surface area contributed by atoms with Crippen LogP contribution in [0.4, 0.5) is 5.69 Å². The van der Waals surface area contributed by atoms with Gasteiger partial charge in [-0.3, -0.25) is 10.1 Å². The molecule has 0 saturated heterocycles. The van der Waals surface area contributed by atoms with Gasteiger partial charge in [0, 0.05) is 6.07 Å². The first-order chi connectivity index (χ1) is 8.72. The van der Waals surface area contributed by atoms with E-state index >= 15 is 0 Å². The van der Waals surface area contributed by atoms with Crippen LogP contribution in [-0.4, -0.2) is 4.92 Å². The molecule has 18 heavy (non-hydrogen) atoms. The van der Waals surface area contributed by atoms with Crippen molar-refractivity contribution in [3.8, 4) is 16.9 Å². The lowest BCUT2D eigenvalue weighted by Crippen LogP contribution is -1.95. The summed E-state index contributed by atoms with van der Waals surface area (Å²) in [4.78, 5) is 10.6. The SMILES string of the molecule is C[CH]Oc1ccc(-c2ccccc2)cc1[N+](=O)[O-]. The Morgan fingerprint density at radius 1 is 1.11 bits per heavy atom. The molecule has 0 aromatic heterocycles. The van der Waals surface area contributed by atoms with E-state index in [0.29, 0.717) is 0 Å². The number of hydrogen-bond donors (Lipinski definition) is 0. The molecule has 0 saturated carbocycles. The molecule has 0 heterocycles. The summed E-state index contributed by atoms with van der Waals surface area (Å²) in [5.41, 5.74) is 1.70. The molecule has 0 aliphatic heterocycles. The van der Waals surface area contributed by atoms with E-state index in [1.807, 2.05) is 30.3 Å². The van der Waals surface area contributed by atoms with Crippen molar-refractivity contribution in [2.75, 3.05) is 0 Å². The van der Waals surface area contributed by atoms with E-state index in [9.17, 15) is 10.1 Å². The van der Waals surface area contributed by atoms with E-state index < -0.39 is 4.92 Å². The molecule has 1 radical (unpaired) electrons. The Balaban J connectivity index is 2.46. The van der Waals surface area contributed by atoms with Crippen molar-refractivity contribution in [2.24, 2.45) is 0 Å². The first kappa shape index (κ1) is 12.1. The van der Waals surface area contributed by atoms with E-state index in [1.165, 1.54) is 12.7 Å². The molecule has 91 valence electrons. The summed E-state index contributed by atoms with van der Waals surface area (Å²) < 4.78 is 5.12. The molecule has 0 aliphatic carbocycles. The number of ether oxygens (including phenoxy) is 1. The highest BCUT2D eigenvalue weighted by Gasteiger charge is 2.16. The van der Waals surface area contributed by atoms with Crippen molar-refractivity contribution >= 4 is 5.69 Å². The molecule has 2 aromatic carbocycles. The zero-order chi connectivity index (χ0) is 13.0. The average molecular weight is 242 g/mol. The number of rotatable bonds is 4. The van der Waals surface area contributed by atoms with Crippen LogP contribution in [0.5, 0.6) is 5.75 Å². The van der Waals surface area contributed by atoms with Crippen LogP contribution in [0.1, 0.15) is 6.92 Å². The standard InChI is InChI=1S/C14H12NO3/c1-2-18-14-9-8-12(10-13(14)15(16)17)11-6-4-3-5-7-11/h2-10H,1H3. The third-order valence-electron chi connectivity index (χ3n) is 2.51. The third-order valence-corrected chi connectivity index (χ3v) is 2.51. The topological polar surface area (TPSA) is 52.4 Å². The fourth-order valence-corrected chi connectivity index (χ4v) is 1.70. The van der Waals surface area contributed by atoms with E-state index in [4.69, 9.17) is 4.74 Å². The van der Waals surface area contributed by atoms with Gasteiger partial charge in [-0.15, -0.1) is 0 Å². The lowest BCUT2D eigenvalue weighted by Gasteiger charge is -2.06. The van der Waals surface area contributed by atoms with Gasteiger partial charge in [-0.25, -0.2) is 0 Å². The highest BCUT2D eigenvalue weighted by molar-refractivity contribution is 5.68. The second-order valence-electron chi connectivity index (χ2n) is 3.66. The molecule has 0 atom stereocenters.